The molecule has 16 heavy (non-hydrogen) atoms. The van der Waals surface area contributed by atoms with Gasteiger partial charge in [-0.1, -0.05) is 0 Å². The largest absolute Gasteiger partial charge is 0.368 e. The molecule has 0 saturated carbocycles. The Hall–Kier alpha value is 0.955. The number of methoxy groups -OCH3 is 3. The van der Waals surface area contributed by atoms with Crippen LogP contribution in [0.5, 0.6) is 0 Å². The van der Waals surface area contributed by atoms with Gasteiger partial charge < -0.3 is 29.5 Å². The van der Waals surface area contributed by atoms with Gasteiger partial charge in [-0.05, 0) is 20.8 Å². The monoisotopic (exact) mass is 367 g/mol. The Labute approximate surface area is 125 Å². The van der Waals surface area contributed by atoms with Crippen LogP contribution in [0.3, 0.4) is 0 Å². The zero-order valence-electron chi connectivity index (χ0n) is 10.9. The van der Waals surface area contributed by atoms with Gasteiger partial charge >= 0.3 is 0 Å². The minimum absolute atomic E-state index is 0. The Morgan fingerprint density at radius 1 is 0.625 bits per heavy atom. The molecule has 7 heteroatoms. The first kappa shape index (κ1) is 25.7. The van der Waals surface area contributed by atoms with Crippen molar-refractivity contribution in [1.29, 1.82) is 0 Å². The van der Waals surface area contributed by atoms with E-state index < -0.39 is 18.9 Å². The molecule has 0 amide bonds. The van der Waals surface area contributed by atoms with E-state index in [2.05, 4.69) is 14.2 Å². The zero-order valence-corrected chi connectivity index (χ0v) is 14.5. The van der Waals surface area contributed by atoms with Crippen molar-refractivity contribution in [2.24, 2.45) is 0 Å². The summed E-state index contributed by atoms with van der Waals surface area (Å²) in [5.74, 6) is 0. The van der Waals surface area contributed by atoms with Crippen molar-refractivity contribution in [3.05, 3.63) is 0 Å². The molecular weight excluding hydrogens is 343 g/mol. The van der Waals surface area contributed by atoms with Gasteiger partial charge in [-0.25, -0.2) is 0 Å². The molecule has 99 valence electrons. The minimum atomic E-state index is -0.616. The first-order valence-electron chi connectivity index (χ1n) is 4.44. The smallest absolute Gasteiger partial charge is 0.151 e. The van der Waals surface area contributed by atoms with Gasteiger partial charge in [0.2, 0.25) is 0 Å². The number of hydrogen-bond acceptors (Lipinski definition) is 6. The van der Waals surface area contributed by atoms with Gasteiger partial charge in [-0.3, -0.25) is 0 Å². The number of hydrogen-bond donors (Lipinski definition) is 3. The molecule has 0 spiro atoms. The van der Waals surface area contributed by atoms with Crippen molar-refractivity contribution < 1.29 is 65.1 Å². The molecule has 0 aromatic heterocycles. The number of aliphatic hydroxyl groups excluding tert-OH is 3. The van der Waals surface area contributed by atoms with E-state index in [0.29, 0.717) is 0 Å². The van der Waals surface area contributed by atoms with Crippen LogP contribution in [0.1, 0.15) is 20.8 Å². The molecule has 0 heterocycles. The molecule has 0 aliphatic rings. The Balaban J connectivity index is -0.0000000655. The van der Waals surface area contributed by atoms with Crippen LogP contribution in [0.2, 0.25) is 0 Å². The molecule has 0 saturated heterocycles. The summed E-state index contributed by atoms with van der Waals surface area (Å²) in [5, 5.41) is 24.4. The summed E-state index contributed by atoms with van der Waals surface area (Å²) in [4.78, 5) is 0. The Kier molecular flexibility index (Phi) is 34.2. The number of ether oxygens (including phenoxy) is 3. The second-order valence-corrected chi connectivity index (χ2v) is 2.51. The third-order valence-electron chi connectivity index (χ3n) is 1.02. The zero-order chi connectivity index (χ0) is 12.9. The normalized spacial score (nSPS) is 14.1. The molecule has 6 nitrogen and oxygen atoms in total. The van der Waals surface area contributed by atoms with Crippen LogP contribution in [-0.2, 0) is 14.2 Å². The van der Waals surface area contributed by atoms with Crippen LogP contribution >= 0.6 is 0 Å². The number of rotatable bonds is 3. The SMILES string of the molecule is COC(C)O.COC(C)O.COC(C)O.[La]. The predicted molar refractivity (Wildman–Crippen MR) is 56.1 cm³/mol. The molecule has 0 bridgehead atoms. The van der Waals surface area contributed by atoms with E-state index >= 15 is 0 Å². The van der Waals surface area contributed by atoms with Crippen LogP contribution in [0.4, 0.5) is 0 Å². The maximum Gasteiger partial charge on any atom is 0.151 e. The van der Waals surface area contributed by atoms with Crippen molar-refractivity contribution in [3.63, 3.8) is 0 Å². The molecule has 1 radical (unpaired) electrons. The summed E-state index contributed by atoms with van der Waals surface area (Å²) >= 11 is 0. The number of aliphatic hydroxyl groups is 3. The maximum atomic E-state index is 8.14. The Bertz CT molecular complexity index is 81.0. The quantitative estimate of drug-likeness (QED) is 0.605. The van der Waals surface area contributed by atoms with E-state index in [1.54, 1.807) is 20.8 Å². The summed E-state index contributed by atoms with van der Waals surface area (Å²) in [7, 11) is 4.35. The van der Waals surface area contributed by atoms with Crippen molar-refractivity contribution >= 4 is 0 Å². The van der Waals surface area contributed by atoms with E-state index in [1.807, 2.05) is 0 Å². The maximum absolute atomic E-state index is 8.14. The third-order valence-corrected chi connectivity index (χ3v) is 1.02. The molecule has 0 aromatic rings. The van der Waals surface area contributed by atoms with Crippen molar-refractivity contribution in [3.8, 4) is 0 Å². The van der Waals surface area contributed by atoms with E-state index in [9.17, 15) is 0 Å². The molecule has 3 N–H and O–H groups in total. The molecule has 0 aliphatic heterocycles. The van der Waals surface area contributed by atoms with Crippen LogP contribution in [0, 0.1) is 35.6 Å². The van der Waals surface area contributed by atoms with E-state index in [4.69, 9.17) is 15.3 Å². The van der Waals surface area contributed by atoms with Crippen LogP contribution in [0.25, 0.3) is 0 Å². The second-order valence-electron chi connectivity index (χ2n) is 2.51. The van der Waals surface area contributed by atoms with E-state index in [-0.39, 0.29) is 35.6 Å². The Morgan fingerprint density at radius 3 is 0.688 bits per heavy atom. The third kappa shape index (κ3) is 60.2. The second kappa shape index (κ2) is 21.3. The first-order chi connectivity index (χ1) is 6.81. The average molecular weight is 367 g/mol. The summed E-state index contributed by atoms with van der Waals surface area (Å²) in [5.41, 5.74) is 0. The molecule has 3 unspecified atom stereocenters. The van der Waals surface area contributed by atoms with Gasteiger partial charge in [0.1, 0.15) is 0 Å². The Morgan fingerprint density at radius 2 is 0.688 bits per heavy atom. The van der Waals surface area contributed by atoms with Gasteiger partial charge in [0.15, 0.2) is 18.9 Å². The summed E-state index contributed by atoms with van der Waals surface area (Å²) in [6, 6.07) is 0. The fourth-order valence-electron chi connectivity index (χ4n) is 0. The van der Waals surface area contributed by atoms with E-state index in [1.165, 1.54) is 21.3 Å². The van der Waals surface area contributed by atoms with Crippen LogP contribution in [-0.4, -0.2) is 55.5 Å². The molecule has 0 fully saturated rings. The van der Waals surface area contributed by atoms with Gasteiger partial charge in [-0.15, -0.1) is 0 Å². The molecule has 0 rings (SSSR count). The predicted octanol–water partition coefficient (Wildman–Crippen LogP) is -0.0867. The molecule has 0 aromatic carbocycles. The molecule has 0 aliphatic carbocycles. The van der Waals surface area contributed by atoms with Crippen molar-refractivity contribution in [2.45, 2.75) is 39.6 Å². The van der Waals surface area contributed by atoms with Gasteiger partial charge in [0, 0.05) is 56.9 Å². The summed E-state index contributed by atoms with van der Waals surface area (Å²) in [6.07, 6.45) is -1.85. The summed E-state index contributed by atoms with van der Waals surface area (Å²) in [6.45, 7) is 4.67. The average Bonchev–Trinajstić information content (AvgIpc) is 2.19. The van der Waals surface area contributed by atoms with Gasteiger partial charge in [0.05, 0.1) is 0 Å². The standard InChI is InChI=1S/3C3H8O2.La/c3*1-3(4)5-2;/h3*3-4H,1-2H3;. The van der Waals surface area contributed by atoms with Crippen molar-refractivity contribution in [2.75, 3.05) is 21.3 Å². The fraction of sp³-hybridized carbons (Fsp3) is 1.00. The topological polar surface area (TPSA) is 88.4 Å². The van der Waals surface area contributed by atoms with Crippen LogP contribution < -0.4 is 0 Å². The minimum Gasteiger partial charge on any atom is -0.368 e. The molecular formula is C9H24LaO6. The molecule has 3 atom stereocenters. The van der Waals surface area contributed by atoms with E-state index in [0.717, 1.165) is 0 Å². The van der Waals surface area contributed by atoms with Crippen molar-refractivity contribution in [1.82, 2.24) is 0 Å². The summed E-state index contributed by atoms with van der Waals surface area (Å²) < 4.78 is 12.9. The van der Waals surface area contributed by atoms with Crippen LogP contribution in [0.15, 0.2) is 0 Å². The first-order valence-corrected chi connectivity index (χ1v) is 4.44. The van der Waals surface area contributed by atoms with Gasteiger partial charge in [-0.2, -0.15) is 0 Å². The fourth-order valence-corrected chi connectivity index (χ4v) is 0. The van der Waals surface area contributed by atoms with Gasteiger partial charge in [0.25, 0.3) is 0 Å².